The highest BCUT2D eigenvalue weighted by Crippen LogP contribution is 2.25. The molecule has 2 aromatic heterocycles. The fourth-order valence-electron chi connectivity index (χ4n) is 3.12. The van der Waals surface area contributed by atoms with E-state index in [4.69, 9.17) is 4.74 Å². The number of hydrogen-bond acceptors (Lipinski definition) is 5. The molecule has 3 aromatic rings. The lowest BCUT2D eigenvalue weighted by Gasteiger charge is -2.09. The van der Waals surface area contributed by atoms with E-state index in [-0.39, 0.29) is 11.8 Å². The first-order valence-electron chi connectivity index (χ1n) is 8.24. The van der Waals surface area contributed by atoms with E-state index in [0.717, 1.165) is 23.9 Å². The van der Waals surface area contributed by atoms with Crippen LogP contribution in [0.2, 0.25) is 0 Å². The first-order valence-corrected chi connectivity index (χ1v) is 8.24. The number of methoxy groups -OCH3 is 1. The van der Waals surface area contributed by atoms with E-state index in [1.54, 1.807) is 12.1 Å². The van der Waals surface area contributed by atoms with Gasteiger partial charge in [-0.25, -0.2) is 4.98 Å². The summed E-state index contributed by atoms with van der Waals surface area (Å²) >= 11 is 0. The number of carbonyl (C=O) groups is 2. The molecule has 26 heavy (non-hydrogen) atoms. The van der Waals surface area contributed by atoms with Gasteiger partial charge < -0.3 is 19.9 Å². The van der Waals surface area contributed by atoms with E-state index in [1.165, 1.54) is 19.6 Å². The Morgan fingerprint density at radius 3 is 3.08 bits per heavy atom. The highest BCUT2D eigenvalue weighted by atomic mass is 16.5. The zero-order chi connectivity index (χ0) is 18.1. The highest BCUT2D eigenvalue weighted by molar-refractivity contribution is 6.07. The molecule has 8 nitrogen and oxygen atoms in total. The molecule has 4 rings (SSSR count). The van der Waals surface area contributed by atoms with Gasteiger partial charge in [0.25, 0.3) is 11.8 Å². The number of fused-ring (bicyclic) bond motifs is 3. The lowest BCUT2D eigenvalue weighted by Crippen LogP contribution is -2.22. The summed E-state index contributed by atoms with van der Waals surface area (Å²) in [7, 11) is 1.48. The van der Waals surface area contributed by atoms with Crippen LogP contribution in [0.5, 0.6) is 5.88 Å². The summed E-state index contributed by atoms with van der Waals surface area (Å²) in [6, 6.07) is 7.22. The van der Waals surface area contributed by atoms with Gasteiger partial charge in [-0.2, -0.15) is 4.98 Å². The molecule has 0 radical (unpaired) electrons. The molecule has 0 spiro atoms. The molecule has 1 aromatic carbocycles. The number of ether oxygens (including phenoxy) is 1. The molecule has 0 saturated carbocycles. The number of hydrogen-bond donors (Lipinski definition) is 2. The second-order valence-electron chi connectivity index (χ2n) is 5.96. The topological polar surface area (TPSA) is 98.1 Å². The molecule has 2 N–H and O–H groups in total. The Kier molecular flexibility index (Phi) is 4.00. The molecule has 0 unspecified atom stereocenters. The fraction of sp³-hybridized carbons (Fsp3) is 0.222. The molecule has 0 atom stereocenters. The first kappa shape index (κ1) is 16.1. The van der Waals surface area contributed by atoms with Crippen molar-refractivity contribution in [1.29, 1.82) is 0 Å². The number of carbonyl (C=O) groups excluding carboxylic acids is 2. The minimum Gasteiger partial charge on any atom is -0.479 e. The monoisotopic (exact) mass is 351 g/mol. The summed E-state index contributed by atoms with van der Waals surface area (Å²) in [5, 5.41) is 6.56. The van der Waals surface area contributed by atoms with Crippen LogP contribution in [0.25, 0.3) is 10.9 Å². The number of nitrogens with one attached hydrogen (secondary N) is 2. The maximum Gasteiger partial charge on any atom is 0.267 e. The molecule has 1 aliphatic rings. The standard InChI is InChI=1S/C18H17N5O3/c1-26-18-13(9-19-10-21-18)22-16(24)12-4-3-11-7-15-17(25)20-5-2-6-23(15)14(11)8-12/h3-4,7-10H,2,5-6H2,1H3,(H,20,25)(H,22,24). The number of anilines is 1. The van der Waals surface area contributed by atoms with Crippen molar-refractivity contribution in [1.82, 2.24) is 19.9 Å². The lowest BCUT2D eigenvalue weighted by atomic mass is 10.1. The van der Waals surface area contributed by atoms with Crippen molar-refractivity contribution in [2.24, 2.45) is 0 Å². The van der Waals surface area contributed by atoms with Crippen LogP contribution in [-0.2, 0) is 6.54 Å². The summed E-state index contributed by atoms with van der Waals surface area (Å²) in [4.78, 5) is 32.7. The van der Waals surface area contributed by atoms with Gasteiger partial charge in [0, 0.05) is 29.6 Å². The van der Waals surface area contributed by atoms with Crippen molar-refractivity contribution in [2.45, 2.75) is 13.0 Å². The van der Waals surface area contributed by atoms with Crippen LogP contribution in [-0.4, -0.2) is 40.0 Å². The maximum atomic E-state index is 12.6. The Bertz CT molecular complexity index is 1010. The Morgan fingerprint density at radius 2 is 2.23 bits per heavy atom. The van der Waals surface area contributed by atoms with Crippen molar-refractivity contribution in [2.75, 3.05) is 19.0 Å². The van der Waals surface area contributed by atoms with Gasteiger partial charge in [-0.05, 0) is 24.6 Å². The third kappa shape index (κ3) is 2.75. The summed E-state index contributed by atoms with van der Waals surface area (Å²) in [5.41, 5.74) is 2.36. The summed E-state index contributed by atoms with van der Waals surface area (Å²) in [6.07, 6.45) is 3.68. The zero-order valence-electron chi connectivity index (χ0n) is 14.2. The summed E-state index contributed by atoms with van der Waals surface area (Å²) < 4.78 is 7.08. The van der Waals surface area contributed by atoms with Crippen LogP contribution in [0.4, 0.5) is 5.69 Å². The Balaban J connectivity index is 1.70. The Labute approximate surface area is 149 Å². The first-order chi connectivity index (χ1) is 12.7. The second-order valence-corrected chi connectivity index (χ2v) is 5.96. The predicted octanol–water partition coefficient (Wildman–Crippen LogP) is 1.83. The van der Waals surface area contributed by atoms with Crippen LogP contribution < -0.4 is 15.4 Å². The number of amides is 2. The van der Waals surface area contributed by atoms with Gasteiger partial charge >= 0.3 is 0 Å². The molecule has 0 bridgehead atoms. The molecule has 0 saturated heterocycles. The van der Waals surface area contributed by atoms with E-state index >= 15 is 0 Å². The molecule has 1 aliphatic heterocycles. The van der Waals surface area contributed by atoms with E-state index in [2.05, 4.69) is 20.6 Å². The molecule has 8 heteroatoms. The highest BCUT2D eigenvalue weighted by Gasteiger charge is 2.19. The SMILES string of the molecule is COc1ncncc1NC(=O)c1ccc2cc3n(c2c1)CCCNC3=O. The quantitative estimate of drug-likeness (QED) is 0.750. The van der Waals surface area contributed by atoms with E-state index in [0.29, 0.717) is 29.4 Å². The largest absolute Gasteiger partial charge is 0.479 e. The van der Waals surface area contributed by atoms with E-state index in [1.807, 2.05) is 16.7 Å². The third-order valence-electron chi connectivity index (χ3n) is 4.36. The maximum absolute atomic E-state index is 12.6. The van der Waals surface area contributed by atoms with Crippen molar-refractivity contribution < 1.29 is 14.3 Å². The predicted molar refractivity (Wildman–Crippen MR) is 95.4 cm³/mol. The third-order valence-corrected chi connectivity index (χ3v) is 4.36. The van der Waals surface area contributed by atoms with E-state index < -0.39 is 0 Å². The minimum atomic E-state index is -0.298. The van der Waals surface area contributed by atoms with Gasteiger partial charge in [0.1, 0.15) is 17.7 Å². The van der Waals surface area contributed by atoms with Crippen molar-refractivity contribution >= 4 is 28.4 Å². The minimum absolute atomic E-state index is 0.0872. The van der Waals surface area contributed by atoms with Crippen molar-refractivity contribution in [3.63, 3.8) is 0 Å². The van der Waals surface area contributed by atoms with Crippen LogP contribution in [0.1, 0.15) is 27.3 Å². The molecule has 0 aliphatic carbocycles. The molecule has 132 valence electrons. The smallest absolute Gasteiger partial charge is 0.267 e. The van der Waals surface area contributed by atoms with Gasteiger partial charge in [-0.1, -0.05) is 6.07 Å². The van der Waals surface area contributed by atoms with Crippen molar-refractivity contribution in [3.8, 4) is 5.88 Å². The fourth-order valence-corrected chi connectivity index (χ4v) is 3.12. The number of benzene rings is 1. The van der Waals surface area contributed by atoms with Gasteiger partial charge in [-0.3, -0.25) is 9.59 Å². The molecule has 3 heterocycles. The van der Waals surface area contributed by atoms with Crippen LogP contribution in [0.3, 0.4) is 0 Å². The second kappa shape index (κ2) is 6.47. The summed E-state index contributed by atoms with van der Waals surface area (Å²) in [6.45, 7) is 1.37. The average Bonchev–Trinajstić information content (AvgIpc) is 2.93. The van der Waals surface area contributed by atoms with E-state index in [9.17, 15) is 9.59 Å². The van der Waals surface area contributed by atoms with Crippen molar-refractivity contribution in [3.05, 3.63) is 48.0 Å². The van der Waals surface area contributed by atoms with Crippen LogP contribution in [0, 0.1) is 0 Å². The molecule has 2 amide bonds. The number of aromatic nitrogens is 3. The molecular weight excluding hydrogens is 334 g/mol. The summed E-state index contributed by atoms with van der Waals surface area (Å²) in [5.74, 6) is -0.0906. The zero-order valence-corrected chi connectivity index (χ0v) is 14.2. The average molecular weight is 351 g/mol. The van der Waals surface area contributed by atoms with Gasteiger partial charge in [-0.15, -0.1) is 0 Å². The number of aryl methyl sites for hydroxylation is 1. The van der Waals surface area contributed by atoms with Gasteiger partial charge in [0.05, 0.1) is 13.3 Å². The normalized spacial score (nSPS) is 13.7. The van der Waals surface area contributed by atoms with Gasteiger partial charge in [0.15, 0.2) is 0 Å². The van der Waals surface area contributed by atoms with Crippen LogP contribution in [0.15, 0.2) is 36.8 Å². The number of rotatable bonds is 3. The molecular formula is C18H17N5O3. The molecule has 0 fully saturated rings. The lowest BCUT2D eigenvalue weighted by molar-refractivity contribution is 0.0950. The Morgan fingerprint density at radius 1 is 1.35 bits per heavy atom. The number of nitrogens with zero attached hydrogens (tertiary/aromatic N) is 3. The van der Waals surface area contributed by atoms with Gasteiger partial charge in [0.2, 0.25) is 5.88 Å². The Hall–Kier alpha value is -3.42. The van der Waals surface area contributed by atoms with Crippen LogP contribution >= 0.6 is 0 Å².